The van der Waals surface area contributed by atoms with Gasteiger partial charge in [0.15, 0.2) is 0 Å². The lowest BCUT2D eigenvalue weighted by atomic mass is 10.2. The second-order valence-electron chi connectivity index (χ2n) is 10.1. The maximum absolute atomic E-state index is 7.12. The van der Waals surface area contributed by atoms with E-state index in [4.69, 9.17) is 9.42 Å². The van der Waals surface area contributed by atoms with E-state index in [2.05, 4.69) is 143 Å². The third-order valence-electron chi connectivity index (χ3n) is 6.60. The van der Waals surface area contributed by atoms with Crippen molar-refractivity contribution in [3.63, 3.8) is 0 Å². The lowest BCUT2D eigenvalue weighted by Gasteiger charge is -2.43. The summed E-state index contributed by atoms with van der Waals surface area (Å²) in [4.78, 5) is 6.11. The molecule has 1 heterocycles. The molecule has 5 rings (SSSR count). The summed E-state index contributed by atoms with van der Waals surface area (Å²) >= 11 is 1.78. The summed E-state index contributed by atoms with van der Waals surface area (Å²) in [6.45, 7) is 8.97. The highest BCUT2D eigenvalue weighted by Crippen LogP contribution is 2.38. The third-order valence-corrected chi connectivity index (χ3v) is 12.8. The number of benzene rings is 4. The Bertz CT molecular complexity index is 1410. The predicted octanol–water partition coefficient (Wildman–Crippen LogP) is 7.98. The van der Waals surface area contributed by atoms with Crippen LogP contribution in [0.2, 0.25) is 5.04 Å². The molecule has 0 atom stereocenters. The first-order valence-corrected chi connectivity index (χ1v) is 15.0. The zero-order valence-electron chi connectivity index (χ0n) is 21.2. The Hall–Kier alpha value is -3.47. The quantitative estimate of drug-likeness (QED) is 0.169. The highest BCUT2D eigenvalue weighted by Gasteiger charge is 2.52. The minimum Gasteiger partial charge on any atom is -0.534 e. The number of aliphatic imine (C=N–C) groups is 1. The molecule has 5 aromatic rings. The summed E-state index contributed by atoms with van der Waals surface area (Å²) in [5.41, 5.74) is 1.96. The van der Waals surface area contributed by atoms with Crippen molar-refractivity contribution in [2.24, 2.45) is 4.99 Å². The largest absolute Gasteiger partial charge is 0.534 e. The van der Waals surface area contributed by atoms with Gasteiger partial charge in [-0.1, -0.05) is 99.6 Å². The molecule has 0 unspecified atom stereocenters. The summed E-state index contributed by atoms with van der Waals surface area (Å²) in [6, 6.07) is 40.4. The standard InChI is InChI=1S/C32H31NOSSi/c1-24(31-23-25-13-11-12-18-30(25)35-31)33-26-19-21-27(22-20-26)34-36(32(2,3)4,28-14-7-5-8-15-28)29-16-9-6-10-17-29/h5-23H,1-4H3/b33-24+. The third kappa shape index (κ3) is 4.67. The number of hydrogen-bond donors (Lipinski definition) is 0. The average molecular weight is 506 g/mol. The first-order chi connectivity index (χ1) is 17.4. The number of fused-ring (bicyclic) bond motifs is 1. The van der Waals surface area contributed by atoms with Crippen molar-refractivity contribution >= 4 is 51.5 Å². The lowest BCUT2D eigenvalue weighted by molar-refractivity contribution is 0.508. The molecule has 4 aromatic carbocycles. The average Bonchev–Trinajstić information content (AvgIpc) is 3.33. The molecule has 0 N–H and O–H groups in total. The number of rotatable bonds is 6. The Balaban J connectivity index is 1.50. The molecule has 2 nitrogen and oxygen atoms in total. The van der Waals surface area contributed by atoms with E-state index in [9.17, 15) is 0 Å². The first-order valence-electron chi connectivity index (χ1n) is 12.3. The monoisotopic (exact) mass is 505 g/mol. The Labute approximate surface area is 219 Å². The summed E-state index contributed by atoms with van der Waals surface area (Å²) in [5.74, 6) is 0.878. The van der Waals surface area contributed by atoms with Gasteiger partial charge in [0.2, 0.25) is 0 Å². The molecule has 0 amide bonds. The van der Waals surface area contributed by atoms with Crippen LogP contribution in [0.3, 0.4) is 0 Å². The van der Waals surface area contributed by atoms with Gasteiger partial charge in [0.1, 0.15) is 5.75 Å². The van der Waals surface area contributed by atoms with Crippen LogP contribution in [0.1, 0.15) is 32.6 Å². The summed E-state index contributed by atoms with van der Waals surface area (Å²) in [7, 11) is -2.65. The minimum atomic E-state index is -2.65. The van der Waals surface area contributed by atoms with E-state index in [0.29, 0.717) is 0 Å². The first kappa shape index (κ1) is 24.2. The summed E-state index contributed by atoms with van der Waals surface area (Å²) in [5, 5.41) is 3.73. The Kier molecular flexibility index (Phi) is 6.65. The molecule has 0 bridgehead atoms. The highest BCUT2D eigenvalue weighted by atomic mass is 32.1. The van der Waals surface area contributed by atoms with Crippen molar-refractivity contribution in [2.75, 3.05) is 0 Å². The van der Waals surface area contributed by atoms with Crippen LogP contribution in [0.4, 0.5) is 5.69 Å². The Morgan fingerprint density at radius 2 is 1.28 bits per heavy atom. The fraction of sp³-hybridized carbons (Fsp3) is 0.156. The predicted molar refractivity (Wildman–Crippen MR) is 158 cm³/mol. The van der Waals surface area contributed by atoms with Gasteiger partial charge in [-0.05, 0) is 64.1 Å². The van der Waals surface area contributed by atoms with E-state index in [1.807, 2.05) is 0 Å². The van der Waals surface area contributed by atoms with Crippen LogP contribution in [0.5, 0.6) is 5.75 Å². The van der Waals surface area contributed by atoms with E-state index >= 15 is 0 Å². The topological polar surface area (TPSA) is 21.6 Å². The minimum absolute atomic E-state index is 0.0791. The molecular weight excluding hydrogens is 475 g/mol. The van der Waals surface area contributed by atoms with E-state index in [0.717, 1.165) is 17.1 Å². The summed E-state index contributed by atoms with van der Waals surface area (Å²) < 4.78 is 8.40. The van der Waals surface area contributed by atoms with Crippen LogP contribution in [0, 0.1) is 0 Å². The van der Waals surface area contributed by atoms with E-state index < -0.39 is 8.32 Å². The zero-order chi connectivity index (χ0) is 25.2. The molecule has 0 saturated carbocycles. The van der Waals surface area contributed by atoms with Crippen LogP contribution in [0.15, 0.2) is 120 Å². The fourth-order valence-electron chi connectivity index (χ4n) is 4.82. The zero-order valence-corrected chi connectivity index (χ0v) is 23.0. The molecule has 0 aliphatic carbocycles. The SMILES string of the molecule is C/C(=N\c1ccc(O[Si](c2ccccc2)(c2ccccc2)C(C)(C)C)cc1)c1cc2ccccc2s1. The second-order valence-corrected chi connectivity index (χ2v) is 15.4. The van der Waals surface area contributed by atoms with Gasteiger partial charge in [-0.25, -0.2) is 0 Å². The maximum atomic E-state index is 7.12. The fourth-order valence-corrected chi connectivity index (χ4v) is 10.3. The molecule has 180 valence electrons. The van der Waals surface area contributed by atoms with Crippen molar-refractivity contribution < 1.29 is 4.43 Å². The Morgan fingerprint density at radius 1 is 0.722 bits per heavy atom. The van der Waals surface area contributed by atoms with Crippen molar-refractivity contribution in [3.8, 4) is 5.75 Å². The molecule has 36 heavy (non-hydrogen) atoms. The van der Waals surface area contributed by atoms with Gasteiger partial charge in [-0.3, -0.25) is 4.99 Å². The van der Waals surface area contributed by atoms with Gasteiger partial charge < -0.3 is 4.43 Å². The molecule has 4 heteroatoms. The Morgan fingerprint density at radius 3 is 1.83 bits per heavy atom. The molecule has 1 aromatic heterocycles. The molecule has 0 saturated heterocycles. The van der Waals surface area contributed by atoms with E-state index in [1.165, 1.54) is 25.3 Å². The van der Waals surface area contributed by atoms with Gasteiger partial charge in [-0.15, -0.1) is 11.3 Å². The molecule has 0 fully saturated rings. The van der Waals surface area contributed by atoms with Gasteiger partial charge in [-0.2, -0.15) is 0 Å². The number of nitrogens with zero attached hydrogens (tertiary/aromatic N) is 1. The molecular formula is C32H31NOSSi. The van der Waals surface area contributed by atoms with Crippen LogP contribution in [0.25, 0.3) is 10.1 Å². The molecule has 0 aliphatic rings. The van der Waals surface area contributed by atoms with Crippen molar-refractivity contribution in [1.82, 2.24) is 0 Å². The van der Waals surface area contributed by atoms with Gasteiger partial charge in [0, 0.05) is 9.58 Å². The van der Waals surface area contributed by atoms with Gasteiger partial charge >= 0.3 is 8.32 Å². The van der Waals surface area contributed by atoms with Crippen molar-refractivity contribution in [3.05, 3.63) is 120 Å². The molecule has 0 spiro atoms. The second kappa shape index (κ2) is 9.88. The van der Waals surface area contributed by atoms with Crippen LogP contribution < -0.4 is 14.8 Å². The van der Waals surface area contributed by atoms with Crippen LogP contribution >= 0.6 is 11.3 Å². The van der Waals surface area contributed by atoms with Crippen molar-refractivity contribution in [1.29, 1.82) is 0 Å². The van der Waals surface area contributed by atoms with Crippen molar-refractivity contribution in [2.45, 2.75) is 32.7 Å². The van der Waals surface area contributed by atoms with Crippen LogP contribution in [-0.4, -0.2) is 14.0 Å². The van der Waals surface area contributed by atoms with E-state index in [1.54, 1.807) is 11.3 Å². The smallest absolute Gasteiger partial charge is 0.319 e. The molecule has 0 radical (unpaired) electrons. The number of thiophene rings is 1. The lowest BCUT2D eigenvalue weighted by Crippen LogP contribution is -2.68. The highest BCUT2D eigenvalue weighted by molar-refractivity contribution is 7.20. The normalized spacial score (nSPS) is 12.6. The molecule has 0 aliphatic heterocycles. The van der Waals surface area contributed by atoms with Gasteiger partial charge in [0.05, 0.1) is 11.4 Å². The van der Waals surface area contributed by atoms with Crippen LogP contribution in [-0.2, 0) is 0 Å². The van der Waals surface area contributed by atoms with E-state index in [-0.39, 0.29) is 5.04 Å². The summed E-state index contributed by atoms with van der Waals surface area (Å²) in [6.07, 6.45) is 0. The number of hydrogen-bond acceptors (Lipinski definition) is 3. The van der Waals surface area contributed by atoms with Gasteiger partial charge in [0.25, 0.3) is 0 Å². The maximum Gasteiger partial charge on any atom is 0.319 e.